The Morgan fingerprint density at radius 1 is 0.902 bits per heavy atom. The maximum Gasteiger partial charge on any atom is 0.264 e. The molecule has 0 bridgehead atoms. The predicted molar refractivity (Wildman–Crippen MR) is 160 cm³/mol. The van der Waals surface area contributed by atoms with Gasteiger partial charge in [0.1, 0.15) is 12.6 Å². The molecule has 2 amide bonds. The van der Waals surface area contributed by atoms with Crippen molar-refractivity contribution in [3.63, 3.8) is 0 Å². The lowest BCUT2D eigenvalue weighted by molar-refractivity contribution is -0.140. The number of methoxy groups -OCH3 is 2. The lowest BCUT2D eigenvalue weighted by Gasteiger charge is -2.33. The number of nitrogens with zero attached hydrogens (tertiary/aromatic N) is 2. The molecule has 10 heteroatoms. The van der Waals surface area contributed by atoms with E-state index >= 15 is 0 Å². The Bertz CT molecular complexity index is 1450. The molecule has 9 nitrogen and oxygen atoms in total. The standard InChI is InChI=1S/C31H39N3O6S/c1-22-13-16-26(17-14-22)41(37,38)34(25-15-18-27(39-6)28(19-25)40-7)21-29(35)33(20-24-11-9-8-10-12-24)23(2)30(36)32-31(3,4)5/h8-19,23H,20-21H2,1-7H3,(H,32,36)/t23-/m1/s1. The Kier molecular flexibility index (Phi) is 10.0. The van der Waals surface area contributed by atoms with Gasteiger partial charge >= 0.3 is 0 Å². The lowest BCUT2D eigenvalue weighted by atomic mass is 10.1. The van der Waals surface area contributed by atoms with E-state index in [1.54, 1.807) is 31.2 Å². The van der Waals surface area contributed by atoms with Crippen molar-refractivity contribution in [1.82, 2.24) is 10.2 Å². The molecule has 0 aliphatic carbocycles. The number of amides is 2. The molecule has 1 N–H and O–H groups in total. The van der Waals surface area contributed by atoms with Crippen molar-refractivity contribution in [3.05, 3.63) is 83.9 Å². The van der Waals surface area contributed by atoms with Crippen molar-refractivity contribution in [2.75, 3.05) is 25.1 Å². The van der Waals surface area contributed by atoms with E-state index in [1.807, 2.05) is 58.0 Å². The minimum absolute atomic E-state index is 0.0267. The molecular formula is C31H39N3O6S. The second kappa shape index (κ2) is 13.1. The largest absolute Gasteiger partial charge is 0.493 e. The van der Waals surface area contributed by atoms with Crippen LogP contribution in [0.1, 0.15) is 38.8 Å². The molecule has 3 aromatic rings. The third-order valence-corrected chi connectivity index (χ3v) is 8.19. The Labute approximate surface area is 243 Å². The van der Waals surface area contributed by atoms with Crippen molar-refractivity contribution in [2.24, 2.45) is 0 Å². The Morgan fingerprint density at radius 3 is 2.07 bits per heavy atom. The highest BCUT2D eigenvalue weighted by atomic mass is 32.2. The third kappa shape index (κ3) is 8.00. The van der Waals surface area contributed by atoms with Gasteiger partial charge in [0.15, 0.2) is 11.5 Å². The highest BCUT2D eigenvalue weighted by molar-refractivity contribution is 7.92. The van der Waals surface area contributed by atoms with Crippen LogP contribution in [0, 0.1) is 6.92 Å². The summed E-state index contributed by atoms with van der Waals surface area (Å²) in [6.45, 7) is 8.62. The number of hydrogen-bond donors (Lipinski definition) is 1. The fourth-order valence-corrected chi connectivity index (χ4v) is 5.59. The van der Waals surface area contributed by atoms with E-state index in [1.165, 1.54) is 37.3 Å². The summed E-state index contributed by atoms with van der Waals surface area (Å²) in [6.07, 6.45) is 0. The van der Waals surface area contributed by atoms with Crippen LogP contribution in [0.2, 0.25) is 0 Å². The first-order valence-corrected chi connectivity index (χ1v) is 14.7. The van der Waals surface area contributed by atoms with Crippen LogP contribution in [0.3, 0.4) is 0 Å². The average Bonchev–Trinajstić information content (AvgIpc) is 2.93. The minimum atomic E-state index is -4.20. The summed E-state index contributed by atoms with van der Waals surface area (Å²) in [6, 6.07) is 19.4. The summed E-state index contributed by atoms with van der Waals surface area (Å²) < 4.78 is 39.8. The van der Waals surface area contributed by atoms with E-state index in [2.05, 4.69) is 5.32 Å². The Balaban J connectivity index is 2.08. The van der Waals surface area contributed by atoms with Crippen molar-refractivity contribution in [3.8, 4) is 11.5 Å². The van der Waals surface area contributed by atoms with Gasteiger partial charge in [-0.2, -0.15) is 0 Å². The normalized spacial score (nSPS) is 12.3. The molecular weight excluding hydrogens is 542 g/mol. The number of anilines is 1. The van der Waals surface area contributed by atoms with Crippen LogP contribution < -0.4 is 19.1 Å². The molecule has 1 atom stereocenters. The first-order valence-electron chi connectivity index (χ1n) is 13.2. The van der Waals surface area contributed by atoms with Gasteiger partial charge in [-0.05, 0) is 64.4 Å². The molecule has 220 valence electrons. The van der Waals surface area contributed by atoms with Gasteiger partial charge in [0.05, 0.1) is 24.8 Å². The van der Waals surface area contributed by atoms with E-state index in [4.69, 9.17) is 9.47 Å². The maximum atomic E-state index is 14.0. The van der Waals surface area contributed by atoms with Crippen LogP contribution in [0.5, 0.6) is 11.5 Å². The van der Waals surface area contributed by atoms with Crippen LogP contribution >= 0.6 is 0 Å². The van der Waals surface area contributed by atoms with Gasteiger partial charge in [0, 0.05) is 18.2 Å². The molecule has 0 aromatic heterocycles. The fraction of sp³-hybridized carbons (Fsp3) is 0.355. The summed E-state index contributed by atoms with van der Waals surface area (Å²) >= 11 is 0. The Hall–Kier alpha value is -4.05. The van der Waals surface area contributed by atoms with Crippen LogP contribution in [-0.2, 0) is 26.2 Å². The number of ether oxygens (including phenoxy) is 2. The predicted octanol–water partition coefficient (Wildman–Crippen LogP) is 4.54. The molecule has 0 aliphatic rings. The number of benzene rings is 3. The van der Waals surface area contributed by atoms with Crippen LogP contribution in [-0.4, -0.2) is 57.5 Å². The zero-order chi connectivity index (χ0) is 30.4. The molecule has 0 radical (unpaired) electrons. The van der Waals surface area contributed by atoms with Gasteiger partial charge in [0.2, 0.25) is 11.8 Å². The van der Waals surface area contributed by atoms with Crippen LogP contribution in [0.25, 0.3) is 0 Å². The summed E-state index contributed by atoms with van der Waals surface area (Å²) in [5.41, 5.74) is 1.39. The van der Waals surface area contributed by atoms with E-state index in [-0.39, 0.29) is 23.0 Å². The zero-order valence-electron chi connectivity index (χ0n) is 24.7. The molecule has 3 rings (SSSR count). The molecule has 0 unspecified atom stereocenters. The average molecular weight is 582 g/mol. The first-order chi connectivity index (χ1) is 19.3. The number of nitrogens with one attached hydrogen (secondary N) is 1. The molecule has 0 aliphatic heterocycles. The van der Waals surface area contributed by atoms with E-state index in [0.717, 1.165) is 15.4 Å². The van der Waals surface area contributed by atoms with Crippen molar-refractivity contribution >= 4 is 27.5 Å². The zero-order valence-corrected chi connectivity index (χ0v) is 25.5. The van der Waals surface area contributed by atoms with E-state index < -0.39 is 34.1 Å². The summed E-state index contributed by atoms with van der Waals surface area (Å²) in [5.74, 6) is -0.175. The van der Waals surface area contributed by atoms with Crippen molar-refractivity contribution in [1.29, 1.82) is 0 Å². The minimum Gasteiger partial charge on any atom is -0.493 e. The van der Waals surface area contributed by atoms with Crippen molar-refractivity contribution < 1.29 is 27.5 Å². The van der Waals surface area contributed by atoms with E-state index in [9.17, 15) is 18.0 Å². The summed E-state index contributed by atoms with van der Waals surface area (Å²) in [7, 11) is -1.28. The number of carbonyl (C=O) groups excluding carboxylic acids is 2. The highest BCUT2D eigenvalue weighted by Crippen LogP contribution is 2.34. The molecule has 41 heavy (non-hydrogen) atoms. The van der Waals surface area contributed by atoms with Crippen molar-refractivity contribution in [2.45, 2.75) is 57.6 Å². The number of aryl methyl sites for hydroxylation is 1. The van der Waals surface area contributed by atoms with Gasteiger partial charge in [-0.15, -0.1) is 0 Å². The van der Waals surface area contributed by atoms with E-state index in [0.29, 0.717) is 11.5 Å². The van der Waals surface area contributed by atoms with Gasteiger partial charge in [-0.25, -0.2) is 8.42 Å². The van der Waals surface area contributed by atoms with Gasteiger partial charge in [-0.1, -0.05) is 48.0 Å². The quantitative estimate of drug-likeness (QED) is 0.357. The van der Waals surface area contributed by atoms with Gasteiger partial charge in [-0.3, -0.25) is 13.9 Å². The van der Waals surface area contributed by atoms with Gasteiger partial charge in [0.25, 0.3) is 10.0 Å². The topological polar surface area (TPSA) is 105 Å². The Morgan fingerprint density at radius 2 is 1.51 bits per heavy atom. The number of rotatable bonds is 11. The van der Waals surface area contributed by atoms with Crippen LogP contribution in [0.4, 0.5) is 5.69 Å². The second-order valence-electron chi connectivity index (χ2n) is 10.8. The van der Waals surface area contributed by atoms with Gasteiger partial charge < -0.3 is 19.7 Å². The van der Waals surface area contributed by atoms with Crippen LogP contribution in [0.15, 0.2) is 77.7 Å². The number of carbonyl (C=O) groups is 2. The molecule has 0 heterocycles. The fourth-order valence-electron chi connectivity index (χ4n) is 4.18. The highest BCUT2D eigenvalue weighted by Gasteiger charge is 2.33. The summed E-state index contributed by atoms with van der Waals surface area (Å²) in [5, 5.41) is 2.92. The monoisotopic (exact) mass is 581 g/mol. The molecule has 3 aromatic carbocycles. The molecule has 0 saturated carbocycles. The lowest BCUT2D eigenvalue weighted by Crippen LogP contribution is -2.54. The SMILES string of the molecule is COc1ccc(N(CC(=O)N(Cc2ccccc2)[C@H](C)C(=O)NC(C)(C)C)S(=O)(=O)c2ccc(C)cc2)cc1OC. The molecule has 0 spiro atoms. The smallest absolute Gasteiger partial charge is 0.264 e. The first kappa shape index (κ1) is 31.5. The molecule has 0 fully saturated rings. The third-order valence-electron chi connectivity index (χ3n) is 6.40. The summed E-state index contributed by atoms with van der Waals surface area (Å²) in [4.78, 5) is 28.6. The number of sulfonamides is 1. The maximum absolute atomic E-state index is 14.0. The molecule has 0 saturated heterocycles. The second-order valence-corrected chi connectivity index (χ2v) is 12.6. The number of hydrogen-bond acceptors (Lipinski definition) is 6.